The van der Waals surface area contributed by atoms with Crippen LogP contribution in [0.2, 0.25) is 5.02 Å². The van der Waals surface area contributed by atoms with Crippen molar-refractivity contribution in [1.82, 2.24) is 5.32 Å². The number of nitrogens with one attached hydrogen (secondary N) is 1. The molecule has 0 saturated heterocycles. The monoisotopic (exact) mass is 405 g/mol. The zero-order chi connectivity index (χ0) is 14.0. The lowest BCUT2D eigenvalue weighted by molar-refractivity contribution is 0.635. The Bertz CT molecular complexity index is 580. The van der Waals surface area contributed by atoms with Gasteiger partial charge in [0.1, 0.15) is 0 Å². The lowest BCUT2D eigenvalue weighted by atomic mass is 10.0. The minimum Gasteiger partial charge on any atom is -0.306 e. The number of hydrogen-bond donors (Lipinski definition) is 1. The molecule has 0 spiro atoms. The van der Waals surface area contributed by atoms with Crippen LogP contribution in [0.25, 0.3) is 0 Å². The highest BCUT2D eigenvalue weighted by atomic mass is 127. The van der Waals surface area contributed by atoms with Crippen molar-refractivity contribution in [2.45, 2.75) is 26.8 Å². The molecule has 1 aromatic carbocycles. The van der Waals surface area contributed by atoms with Crippen LogP contribution in [0.4, 0.5) is 0 Å². The van der Waals surface area contributed by atoms with Crippen molar-refractivity contribution in [2.75, 3.05) is 6.54 Å². The molecule has 4 heteroatoms. The molecule has 0 aliphatic rings. The van der Waals surface area contributed by atoms with E-state index in [2.05, 4.69) is 66.9 Å². The highest BCUT2D eigenvalue weighted by Gasteiger charge is 2.20. The van der Waals surface area contributed by atoms with Crippen LogP contribution in [0.1, 0.15) is 33.8 Å². The zero-order valence-electron chi connectivity index (χ0n) is 11.3. The van der Waals surface area contributed by atoms with Crippen LogP contribution in [0.3, 0.4) is 0 Å². The Labute approximate surface area is 137 Å². The smallest absolute Gasteiger partial charge is 0.0684 e. The van der Waals surface area contributed by atoms with E-state index in [0.29, 0.717) is 0 Å². The third kappa shape index (κ3) is 3.51. The lowest BCUT2D eigenvalue weighted by Crippen LogP contribution is -2.22. The van der Waals surface area contributed by atoms with Crippen molar-refractivity contribution in [3.8, 4) is 0 Å². The van der Waals surface area contributed by atoms with Crippen molar-refractivity contribution in [3.05, 3.63) is 53.7 Å². The molecule has 2 rings (SSSR count). The van der Waals surface area contributed by atoms with Gasteiger partial charge in [-0.15, -0.1) is 11.3 Å². The number of rotatable bonds is 4. The zero-order valence-corrected chi connectivity index (χ0v) is 15.0. The van der Waals surface area contributed by atoms with E-state index in [1.165, 1.54) is 24.5 Å². The minimum atomic E-state index is 0.231. The number of halogens is 2. The Morgan fingerprint density at radius 3 is 2.63 bits per heavy atom. The summed E-state index contributed by atoms with van der Waals surface area (Å²) in [5.41, 5.74) is 2.61. The van der Waals surface area contributed by atoms with Crippen LogP contribution in [0.15, 0.2) is 24.3 Å². The average molecular weight is 406 g/mol. The van der Waals surface area contributed by atoms with Crippen molar-refractivity contribution in [2.24, 2.45) is 0 Å². The summed E-state index contributed by atoms with van der Waals surface area (Å²) in [5, 5.41) is 4.38. The van der Waals surface area contributed by atoms with Gasteiger partial charge in [0.2, 0.25) is 0 Å². The van der Waals surface area contributed by atoms with E-state index in [-0.39, 0.29) is 6.04 Å². The first-order chi connectivity index (χ1) is 9.02. The largest absolute Gasteiger partial charge is 0.306 e. The van der Waals surface area contributed by atoms with Crippen LogP contribution >= 0.6 is 45.5 Å². The summed E-state index contributed by atoms with van der Waals surface area (Å²) < 4.78 is 1.25. The fraction of sp³-hybridized carbons (Fsp3) is 0.333. The summed E-state index contributed by atoms with van der Waals surface area (Å²) in [5.74, 6) is 0. The van der Waals surface area contributed by atoms with Crippen molar-refractivity contribution >= 4 is 45.5 Å². The Hall–Kier alpha value is -0.100. The Morgan fingerprint density at radius 1 is 1.32 bits per heavy atom. The van der Waals surface area contributed by atoms with Gasteiger partial charge in [0.15, 0.2) is 0 Å². The second kappa shape index (κ2) is 6.57. The number of aryl methyl sites for hydroxylation is 2. The topological polar surface area (TPSA) is 12.0 Å². The molecule has 1 N–H and O–H groups in total. The van der Waals surface area contributed by atoms with E-state index in [1.807, 2.05) is 17.4 Å². The molecule has 19 heavy (non-hydrogen) atoms. The van der Waals surface area contributed by atoms with E-state index >= 15 is 0 Å². The highest BCUT2D eigenvalue weighted by molar-refractivity contribution is 14.1. The minimum absolute atomic E-state index is 0.231. The van der Waals surface area contributed by atoms with Crippen molar-refractivity contribution in [3.63, 3.8) is 0 Å². The number of hydrogen-bond acceptors (Lipinski definition) is 2. The average Bonchev–Trinajstić information content (AvgIpc) is 2.69. The van der Waals surface area contributed by atoms with Gasteiger partial charge < -0.3 is 5.32 Å². The molecule has 0 saturated carbocycles. The Morgan fingerprint density at radius 2 is 2.05 bits per heavy atom. The summed E-state index contributed by atoms with van der Waals surface area (Å²) in [6.07, 6.45) is 0. The van der Waals surface area contributed by atoms with E-state index in [4.69, 9.17) is 11.6 Å². The third-order valence-corrected chi connectivity index (χ3v) is 5.45. The summed E-state index contributed by atoms with van der Waals surface area (Å²) in [4.78, 5) is 2.74. The van der Waals surface area contributed by atoms with Gasteiger partial charge in [-0.25, -0.2) is 0 Å². The molecule has 0 bridgehead atoms. The van der Waals surface area contributed by atoms with Crippen LogP contribution < -0.4 is 5.32 Å². The van der Waals surface area contributed by atoms with Gasteiger partial charge in [-0.1, -0.05) is 18.5 Å². The second-order valence-corrected chi connectivity index (χ2v) is 7.45. The van der Waals surface area contributed by atoms with Crippen LogP contribution in [0.5, 0.6) is 0 Å². The highest BCUT2D eigenvalue weighted by Crippen LogP contribution is 2.34. The standard InChI is InChI=1S/C15H17ClINS/c1-4-18-14(15-9(2)7-10(3)19-15)12-8-11(16)5-6-13(12)17/h5-8,14,18H,4H2,1-3H3. The van der Waals surface area contributed by atoms with Gasteiger partial charge in [0.25, 0.3) is 0 Å². The van der Waals surface area contributed by atoms with Crippen molar-refractivity contribution in [1.29, 1.82) is 0 Å². The first kappa shape index (κ1) is 15.3. The lowest BCUT2D eigenvalue weighted by Gasteiger charge is -2.20. The molecular weight excluding hydrogens is 389 g/mol. The van der Waals surface area contributed by atoms with E-state index in [9.17, 15) is 0 Å². The first-order valence-corrected chi connectivity index (χ1v) is 8.55. The van der Waals surface area contributed by atoms with Gasteiger partial charge in [0.05, 0.1) is 6.04 Å². The van der Waals surface area contributed by atoms with Crippen LogP contribution in [-0.4, -0.2) is 6.54 Å². The molecule has 1 heterocycles. The summed E-state index contributed by atoms with van der Waals surface area (Å²) in [7, 11) is 0. The Balaban J connectivity index is 2.51. The predicted octanol–water partition coefficient (Wildman–Crippen LogP) is 5.32. The predicted molar refractivity (Wildman–Crippen MR) is 93.5 cm³/mol. The van der Waals surface area contributed by atoms with Gasteiger partial charge in [-0.2, -0.15) is 0 Å². The molecule has 2 aromatic rings. The van der Waals surface area contributed by atoms with Crippen molar-refractivity contribution < 1.29 is 0 Å². The second-order valence-electron chi connectivity index (χ2n) is 4.56. The van der Waals surface area contributed by atoms with E-state index in [0.717, 1.165) is 11.6 Å². The summed E-state index contributed by atoms with van der Waals surface area (Å²) >= 11 is 10.4. The number of benzene rings is 1. The van der Waals surface area contributed by atoms with Gasteiger partial charge in [0, 0.05) is 18.3 Å². The maximum Gasteiger partial charge on any atom is 0.0684 e. The fourth-order valence-corrected chi connectivity index (χ4v) is 4.19. The molecule has 0 radical (unpaired) electrons. The van der Waals surface area contributed by atoms with Gasteiger partial charge in [-0.05, 0) is 78.4 Å². The SMILES string of the molecule is CCNC(c1cc(Cl)ccc1I)c1sc(C)cc1C. The molecular formula is C15H17ClINS. The number of thiophene rings is 1. The van der Waals surface area contributed by atoms with Gasteiger partial charge in [-0.3, -0.25) is 0 Å². The van der Waals surface area contributed by atoms with E-state index < -0.39 is 0 Å². The maximum atomic E-state index is 6.17. The molecule has 1 aromatic heterocycles. The maximum absolute atomic E-state index is 6.17. The molecule has 0 fully saturated rings. The first-order valence-electron chi connectivity index (χ1n) is 6.28. The molecule has 1 unspecified atom stereocenters. The Kier molecular flexibility index (Phi) is 5.29. The fourth-order valence-electron chi connectivity index (χ4n) is 2.23. The summed E-state index contributed by atoms with van der Waals surface area (Å²) in [6.45, 7) is 7.41. The van der Waals surface area contributed by atoms with Crippen LogP contribution in [0, 0.1) is 17.4 Å². The summed E-state index contributed by atoms with van der Waals surface area (Å²) in [6, 6.07) is 8.59. The molecule has 0 amide bonds. The molecule has 1 atom stereocenters. The molecule has 102 valence electrons. The van der Waals surface area contributed by atoms with E-state index in [1.54, 1.807) is 0 Å². The molecule has 0 aliphatic carbocycles. The van der Waals surface area contributed by atoms with Crippen LogP contribution in [-0.2, 0) is 0 Å². The molecule has 0 aliphatic heterocycles. The van der Waals surface area contributed by atoms with Gasteiger partial charge >= 0.3 is 0 Å². The molecule has 1 nitrogen and oxygen atoms in total. The third-order valence-electron chi connectivity index (χ3n) is 3.02. The normalized spacial score (nSPS) is 12.7. The quantitative estimate of drug-likeness (QED) is 0.679.